The Kier molecular flexibility index (Phi) is 18.7. The van der Waals surface area contributed by atoms with Crippen LogP contribution in [0.4, 0.5) is 0 Å². The molecule has 232 valence electrons. The van der Waals surface area contributed by atoms with Crippen molar-refractivity contribution in [2.45, 2.75) is 116 Å². The molecule has 0 heterocycles. The number of carbonyl (C=O) groups excluding carboxylic acids is 1. The number of nitrogens with zero attached hydrogens (tertiary/aromatic N) is 1. The molecule has 2 N–H and O–H groups in total. The van der Waals surface area contributed by atoms with Gasteiger partial charge in [0.05, 0.1) is 34.4 Å². The average molecular weight is 587 g/mol. The minimum Gasteiger partial charge on any atom is -0.494 e. The van der Waals surface area contributed by atoms with E-state index < -0.39 is 25.5 Å². The van der Waals surface area contributed by atoms with Crippen LogP contribution in [0.2, 0.25) is 0 Å². The molecule has 0 aliphatic carbocycles. The van der Waals surface area contributed by atoms with E-state index in [-0.39, 0.29) is 24.1 Å². The van der Waals surface area contributed by atoms with Crippen LogP contribution in [0.15, 0.2) is 24.3 Å². The minimum absolute atomic E-state index is 0.121. The highest BCUT2D eigenvalue weighted by Crippen LogP contribution is 2.51. The molecule has 1 aromatic carbocycles. The fourth-order valence-electron chi connectivity index (χ4n) is 4.87. The lowest BCUT2D eigenvalue weighted by Gasteiger charge is -2.35. The smallest absolute Gasteiger partial charge is 0.385 e. The maximum Gasteiger partial charge on any atom is 0.385 e. The van der Waals surface area contributed by atoms with Gasteiger partial charge in [-0.15, -0.1) is 0 Å². The Morgan fingerprint density at radius 3 is 1.90 bits per heavy atom. The van der Waals surface area contributed by atoms with E-state index in [0.717, 1.165) is 17.7 Å². The number of unbranched alkanes of at least 4 members (excludes halogenated alkanes) is 11. The van der Waals surface area contributed by atoms with Gasteiger partial charge in [0, 0.05) is 26.4 Å². The third kappa shape index (κ3) is 16.7. The van der Waals surface area contributed by atoms with Crippen molar-refractivity contribution in [3.63, 3.8) is 0 Å². The first-order valence-corrected chi connectivity index (χ1v) is 16.9. The summed E-state index contributed by atoms with van der Waals surface area (Å²) in [7, 11) is 1.24. The van der Waals surface area contributed by atoms with E-state index in [4.69, 9.17) is 14.0 Å². The second-order valence-corrected chi connectivity index (χ2v) is 13.8. The Labute approximate surface area is 243 Å². The minimum atomic E-state index is -4.08. The molecule has 40 heavy (non-hydrogen) atoms. The maximum atomic E-state index is 13.0. The summed E-state index contributed by atoms with van der Waals surface area (Å²) in [4.78, 5) is 22.3. The standard InChI is InChI=1S/C31H56NO7P/c1-6-7-8-9-10-11-12-13-14-15-16-17-24-37-29-20-18-28(19-21-29)25-30(39-27(2)34)26-38-40(35,36)31(22-23-33)32(3,4)5/h18-21,30-31,33H,6-17,22-26H2,1-5H3/p+1. The second kappa shape index (κ2) is 20.4. The monoisotopic (exact) mass is 586 g/mol. The molecule has 0 radical (unpaired) electrons. The summed E-state index contributed by atoms with van der Waals surface area (Å²) >= 11 is 0. The van der Waals surface area contributed by atoms with Gasteiger partial charge < -0.3 is 28.5 Å². The molecule has 0 saturated carbocycles. The molecule has 0 bridgehead atoms. The van der Waals surface area contributed by atoms with Crippen LogP contribution >= 0.6 is 7.60 Å². The Bertz CT molecular complexity index is 841. The molecule has 0 fully saturated rings. The van der Waals surface area contributed by atoms with Gasteiger partial charge in [0.15, 0.2) is 5.78 Å². The molecule has 1 rings (SSSR count). The molecule has 0 spiro atoms. The molecule has 1 aromatic rings. The average Bonchev–Trinajstić information content (AvgIpc) is 2.88. The van der Waals surface area contributed by atoms with Crippen LogP contribution in [0.1, 0.15) is 103 Å². The molecule has 0 saturated heterocycles. The number of ether oxygens (including phenoxy) is 2. The molecule has 3 atom stereocenters. The number of aliphatic hydroxyl groups is 1. The number of benzene rings is 1. The van der Waals surface area contributed by atoms with Crippen LogP contribution in [0.25, 0.3) is 0 Å². The lowest BCUT2D eigenvalue weighted by molar-refractivity contribution is -0.883. The number of hydrogen-bond acceptors (Lipinski definition) is 6. The number of rotatable bonds is 24. The lowest BCUT2D eigenvalue weighted by Crippen LogP contribution is -2.46. The van der Waals surface area contributed by atoms with Crippen molar-refractivity contribution in [3.05, 3.63) is 29.8 Å². The molecular weight excluding hydrogens is 529 g/mol. The molecular formula is C31H57NO7P+. The Balaban J connectivity index is 2.39. The first-order valence-electron chi connectivity index (χ1n) is 15.3. The summed E-state index contributed by atoms with van der Waals surface area (Å²) in [6.07, 6.45) is 15.5. The summed E-state index contributed by atoms with van der Waals surface area (Å²) in [5, 5.41) is 9.35. The van der Waals surface area contributed by atoms with Gasteiger partial charge in [0.1, 0.15) is 11.9 Å². The highest BCUT2D eigenvalue weighted by Gasteiger charge is 2.42. The highest BCUT2D eigenvalue weighted by atomic mass is 31.2. The molecule has 0 amide bonds. The van der Waals surface area contributed by atoms with E-state index in [2.05, 4.69) is 6.92 Å². The Hall–Kier alpha value is -1.44. The largest absolute Gasteiger partial charge is 0.494 e. The van der Waals surface area contributed by atoms with Gasteiger partial charge in [-0.2, -0.15) is 0 Å². The van der Waals surface area contributed by atoms with Gasteiger partial charge >= 0.3 is 13.6 Å². The lowest BCUT2D eigenvalue weighted by atomic mass is 10.1. The van der Waals surface area contributed by atoms with Crippen LogP contribution in [-0.2, 0) is 25.0 Å². The van der Waals surface area contributed by atoms with Crippen molar-refractivity contribution in [2.24, 2.45) is 0 Å². The SMILES string of the molecule is CCCCCCCCCCCCCCOc1ccc(CC(COP(=O)(O)C(CCO)[N+](C)(C)C)OC(C)=O)cc1. The van der Waals surface area contributed by atoms with E-state index >= 15 is 0 Å². The van der Waals surface area contributed by atoms with Gasteiger partial charge in [0.2, 0.25) is 0 Å². The fraction of sp³-hybridized carbons (Fsp3) is 0.774. The van der Waals surface area contributed by atoms with Crippen LogP contribution < -0.4 is 4.74 Å². The van der Waals surface area contributed by atoms with Crippen molar-refractivity contribution in [1.82, 2.24) is 0 Å². The first kappa shape index (κ1) is 36.6. The Morgan fingerprint density at radius 2 is 1.43 bits per heavy atom. The predicted octanol–water partition coefficient (Wildman–Crippen LogP) is 6.86. The van der Waals surface area contributed by atoms with E-state index in [1.54, 1.807) is 21.1 Å². The van der Waals surface area contributed by atoms with Gasteiger partial charge in [-0.05, 0) is 24.1 Å². The van der Waals surface area contributed by atoms with Crippen LogP contribution in [0.3, 0.4) is 0 Å². The number of aliphatic hydroxyl groups excluding tert-OH is 1. The third-order valence-electron chi connectivity index (χ3n) is 7.09. The van der Waals surface area contributed by atoms with Crippen LogP contribution in [0.5, 0.6) is 5.75 Å². The second-order valence-electron chi connectivity index (χ2n) is 11.8. The zero-order valence-corrected chi connectivity index (χ0v) is 26.7. The Morgan fingerprint density at radius 1 is 0.900 bits per heavy atom. The summed E-state index contributed by atoms with van der Waals surface area (Å²) in [5.74, 6) is -0.485. The molecule has 3 unspecified atom stereocenters. The molecule has 0 aliphatic heterocycles. The summed E-state index contributed by atoms with van der Waals surface area (Å²) in [5.41, 5.74) is 0.902. The zero-order chi connectivity index (χ0) is 29.9. The van der Waals surface area contributed by atoms with Crippen molar-refractivity contribution in [2.75, 3.05) is 41.0 Å². The van der Waals surface area contributed by atoms with E-state index in [1.165, 1.54) is 77.6 Å². The van der Waals surface area contributed by atoms with E-state index in [9.17, 15) is 19.4 Å². The molecule has 0 aromatic heterocycles. The summed E-state index contributed by atoms with van der Waals surface area (Å²) in [6, 6.07) is 7.61. The molecule has 8 nitrogen and oxygen atoms in total. The topological polar surface area (TPSA) is 102 Å². The fourth-order valence-corrected chi connectivity index (χ4v) is 6.74. The van der Waals surface area contributed by atoms with Crippen molar-refractivity contribution in [1.29, 1.82) is 0 Å². The van der Waals surface area contributed by atoms with E-state index in [1.807, 2.05) is 24.3 Å². The van der Waals surface area contributed by atoms with Gasteiger partial charge in [0.25, 0.3) is 0 Å². The third-order valence-corrected chi connectivity index (χ3v) is 9.31. The maximum absolute atomic E-state index is 13.0. The summed E-state index contributed by atoms with van der Waals surface area (Å²) < 4.78 is 29.8. The van der Waals surface area contributed by atoms with Crippen molar-refractivity contribution < 1.29 is 37.8 Å². The number of hydrogen-bond donors (Lipinski definition) is 2. The highest BCUT2D eigenvalue weighted by molar-refractivity contribution is 7.53. The van der Waals surface area contributed by atoms with Gasteiger partial charge in [-0.1, -0.05) is 89.7 Å². The van der Waals surface area contributed by atoms with Gasteiger partial charge in [-0.3, -0.25) is 9.36 Å². The van der Waals surface area contributed by atoms with E-state index in [0.29, 0.717) is 13.0 Å². The summed E-state index contributed by atoms with van der Waals surface area (Å²) in [6.45, 7) is 3.81. The first-order chi connectivity index (χ1) is 19.0. The van der Waals surface area contributed by atoms with Crippen LogP contribution in [-0.4, -0.2) is 73.3 Å². The molecule has 0 aliphatic rings. The number of carbonyl (C=O) groups is 1. The number of esters is 1. The van der Waals surface area contributed by atoms with Crippen LogP contribution in [0, 0.1) is 0 Å². The quantitative estimate of drug-likeness (QED) is 0.0591. The zero-order valence-electron chi connectivity index (χ0n) is 25.8. The molecule has 9 heteroatoms. The predicted molar refractivity (Wildman–Crippen MR) is 162 cm³/mol. The van der Waals surface area contributed by atoms with Crippen molar-refractivity contribution >= 4 is 13.6 Å². The van der Waals surface area contributed by atoms with Gasteiger partial charge in [-0.25, -0.2) is 0 Å². The normalized spacial score (nSPS) is 14.9. The van der Waals surface area contributed by atoms with Crippen molar-refractivity contribution in [3.8, 4) is 5.75 Å². The number of quaternary nitrogens is 1.